The van der Waals surface area contributed by atoms with Gasteiger partial charge in [-0.1, -0.05) is 6.92 Å². The highest BCUT2D eigenvalue weighted by atomic mass is 16.5. The number of nitrogens with zero attached hydrogens (tertiary/aromatic N) is 5. The first kappa shape index (κ1) is 34.0. The molecule has 0 aliphatic carbocycles. The van der Waals surface area contributed by atoms with Crippen molar-refractivity contribution in [3.05, 3.63) is 65.6 Å². The van der Waals surface area contributed by atoms with Crippen LogP contribution in [0.15, 0.2) is 48.8 Å². The van der Waals surface area contributed by atoms with Crippen molar-refractivity contribution >= 4 is 34.1 Å². The molecule has 4 aromatic rings. The molecule has 5 rings (SSSR count). The Morgan fingerprint density at radius 1 is 1.11 bits per heavy atom. The van der Waals surface area contributed by atoms with E-state index in [2.05, 4.69) is 41.6 Å². The fourth-order valence-electron chi connectivity index (χ4n) is 6.20. The molecule has 3 atom stereocenters. The Bertz CT molecular complexity index is 1680. The van der Waals surface area contributed by atoms with Crippen molar-refractivity contribution in [2.24, 2.45) is 5.92 Å². The van der Waals surface area contributed by atoms with E-state index in [0.29, 0.717) is 43.8 Å². The second kappa shape index (κ2) is 15.0. The van der Waals surface area contributed by atoms with Crippen LogP contribution < -0.4 is 25.0 Å². The number of fused-ring (bicyclic) bond motifs is 1. The molecule has 0 amide bonds. The second-order valence-corrected chi connectivity index (χ2v) is 12.8. The van der Waals surface area contributed by atoms with E-state index in [4.69, 9.17) is 29.7 Å². The molecule has 252 valence electrons. The monoisotopic (exact) mass is 644 g/mol. The minimum absolute atomic E-state index is 0.0441. The molecule has 11 heteroatoms. The predicted octanol–water partition coefficient (Wildman–Crippen LogP) is 5.86. The summed E-state index contributed by atoms with van der Waals surface area (Å²) in [7, 11) is 5.28. The summed E-state index contributed by atoms with van der Waals surface area (Å²) in [6.07, 6.45) is 2.96. The van der Waals surface area contributed by atoms with Crippen molar-refractivity contribution in [2.45, 2.75) is 65.9 Å². The van der Waals surface area contributed by atoms with E-state index in [-0.39, 0.29) is 24.0 Å². The van der Waals surface area contributed by atoms with Crippen LogP contribution in [0.5, 0.6) is 11.5 Å². The molecule has 0 radical (unpaired) electrons. The summed E-state index contributed by atoms with van der Waals surface area (Å²) in [5.41, 5.74) is 13.0. The molecule has 1 fully saturated rings. The third-order valence-corrected chi connectivity index (χ3v) is 8.50. The normalized spacial score (nSPS) is 17.1. The van der Waals surface area contributed by atoms with Crippen LogP contribution in [0.4, 0.5) is 17.1 Å². The van der Waals surface area contributed by atoms with E-state index in [1.54, 1.807) is 25.1 Å². The van der Waals surface area contributed by atoms with E-state index < -0.39 is 0 Å². The van der Waals surface area contributed by atoms with Gasteiger partial charge < -0.3 is 34.5 Å². The molecule has 1 unspecified atom stereocenters. The highest BCUT2D eigenvalue weighted by Gasteiger charge is 2.23. The molecule has 1 aliphatic rings. The van der Waals surface area contributed by atoms with Crippen LogP contribution in [0.1, 0.15) is 55.2 Å². The maximum absolute atomic E-state index is 13.4. The topological polar surface area (TPSA) is 117 Å². The maximum Gasteiger partial charge on any atom is 0.233 e. The molecule has 1 aliphatic heterocycles. The van der Waals surface area contributed by atoms with Gasteiger partial charge in [-0.25, -0.2) is 9.97 Å². The fourth-order valence-corrected chi connectivity index (χ4v) is 6.20. The lowest BCUT2D eigenvalue weighted by atomic mass is 10.1. The number of carbonyl (C=O) groups excluding carboxylic acids is 1. The highest BCUT2D eigenvalue weighted by molar-refractivity contribution is 5.94. The first-order valence-corrected chi connectivity index (χ1v) is 16.2. The van der Waals surface area contributed by atoms with Crippen LogP contribution in [-0.4, -0.2) is 73.6 Å². The minimum Gasteiger partial charge on any atom is -0.497 e. The molecular weight excluding hydrogens is 596 g/mol. The lowest BCUT2D eigenvalue weighted by Crippen LogP contribution is -2.45. The molecule has 11 nitrogen and oxygen atoms in total. The fraction of sp³-hybridized carbons (Fsp3) is 0.472. The lowest BCUT2D eigenvalue weighted by molar-refractivity contribution is -0.00523. The number of methoxy groups -OCH3 is 2. The number of aromatic nitrogens is 3. The van der Waals surface area contributed by atoms with Crippen molar-refractivity contribution in [2.75, 3.05) is 56.5 Å². The summed E-state index contributed by atoms with van der Waals surface area (Å²) in [5.74, 6) is 1.62. The van der Waals surface area contributed by atoms with Crippen LogP contribution in [0.2, 0.25) is 0 Å². The van der Waals surface area contributed by atoms with Gasteiger partial charge in [-0.05, 0) is 75.1 Å². The first-order chi connectivity index (χ1) is 22.5. The smallest absolute Gasteiger partial charge is 0.233 e. The average molecular weight is 645 g/mol. The van der Waals surface area contributed by atoms with Gasteiger partial charge >= 0.3 is 0 Å². The van der Waals surface area contributed by atoms with Crippen molar-refractivity contribution < 1.29 is 23.7 Å². The number of imidazole rings is 1. The second-order valence-electron chi connectivity index (χ2n) is 12.8. The van der Waals surface area contributed by atoms with Crippen molar-refractivity contribution in [3.63, 3.8) is 0 Å². The van der Waals surface area contributed by atoms with Crippen molar-refractivity contribution in [1.29, 1.82) is 0 Å². The number of aryl methyl sites for hydroxylation is 1. The Morgan fingerprint density at radius 2 is 1.87 bits per heavy atom. The first-order valence-electron chi connectivity index (χ1n) is 16.2. The third-order valence-electron chi connectivity index (χ3n) is 8.50. The molecule has 3 heterocycles. The number of pyridine rings is 1. The van der Waals surface area contributed by atoms with Gasteiger partial charge in [0.15, 0.2) is 5.65 Å². The Balaban J connectivity index is 1.18. The molecule has 1 saturated heterocycles. The van der Waals surface area contributed by atoms with Gasteiger partial charge in [0.25, 0.3) is 0 Å². The van der Waals surface area contributed by atoms with Crippen LogP contribution in [-0.2, 0) is 22.6 Å². The predicted molar refractivity (Wildman–Crippen MR) is 186 cm³/mol. The van der Waals surface area contributed by atoms with Crippen LogP contribution in [0.25, 0.3) is 11.2 Å². The number of ether oxygens (including phenoxy) is 4. The summed E-state index contributed by atoms with van der Waals surface area (Å²) >= 11 is 0. The number of benzene rings is 2. The van der Waals surface area contributed by atoms with E-state index in [1.165, 1.54) is 0 Å². The van der Waals surface area contributed by atoms with Gasteiger partial charge in [-0.3, -0.25) is 9.36 Å². The number of rotatable bonds is 13. The van der Waals surface area contributed by atoms with Crippen molar-refractivity contribution in [3.8, 4) is 11.5 Å². The maximum atomic E-state index is 13.4. The van der Waals surface area contributed by atoms with Crippen LogP contribution in [0, 0.1) is 12.8 Å². The number of morpholine rings is 1. The van der Waals surface area contributed by atoms with Gasteiger partial charge in [-0.15, -0.1) is 0 Å². The standard InChI is InChI=1S/C36H48N6O5/c1-23(20-46-21-27-13-29(37)15-30(14-27)41-17-25(3)47-26(4)18-41)8-11-34(43)42-22-38-35-32(12-24(2)39-36(35)42)40(5)19-28-9-10-31(44-6)16-33(28)45-7/h9-10,12-16,22-23,25-26H,8,11,17-21,37H2,1-7H3/t23-,25-,26?/m0/s1. The molecule has 2 aromatic carbocycles. The Morgan fingerprint density at radius 3 is 2.60 bits per heavy atom. The lowest BCUT2D eigenvalue weighted by Gasteiger charge is -2.37. The van der Waals surface area contributed by atoms with Gasteiger partial charge in [0.05, 0.1) is 38.7 Å². The van der Waals surface area contributed by atoms with Gasteiger partial charge in [0.2, 0.25) is 5.91 Å². The van der Waals surface area contributed by atoms with Gasteiger partial charge in [-0.2, -0.15) is 0 Å². The zero-order chi connectivity index (χ0) is 33.7. The number of nitrogens with two attached hydrogens (primary N) is 1. The Labute approximate surface area is 277 Å². The third kappa shape index (κ3) is 8.33. The Kier molecular flexibility index (Phi) is 10.9. The molecule has 2 N–H and O–H groups in total. The number of nitrogen functional groups attached to an aromatic ring is 1. The van der Waals surface area contributed by atoms with Crippen molar-refractivity contribution in [1.82, 2.24) is 14.5 Å². The Hall–Kier alpha value is -4.35. The van der Waals surface area contributed by atoms with Crippen LogP contribution >= 0.6 is 0 Å². The largest absolute Gasteiger partial charge is 0.497 e. The van der Waals surface area contributed by atoms with E-state index in [9.17, 15) is 4.79 Å². The van der Waals surface area contributed by atoms with E-state index >= 15 is 0 Å². The highest BCUT2D eigenvalue weighted by Crippen LogP contribution is 2.31. The number of hydrogen-bond acceptors (Lipinski definition) is 10. The number of anilines is 3. The SMILES string of the molecule is COc1ccc(CN(C)c2cc(C)nc3c2ncn3C(=O)CC[C@H](C)COCc2cc(N)cc(N3CC(C)O[C@@H](C)C3)c2)c(OC)c1. The number of hydrogen-bond donors (Lipinski definition) is 1. The van der Waals surface area contributed by atoms with E-state index in [1.807, 2.05) is 50.4 Å². The molecule has 0 saturated carbocycles. The van der Waals surface area contributed by atoms with Gasteiger partial charge in [0.1, 0.15) is 23.3 Å². The summed E-state index contributed by atoms with van der Waals surface area (Å²) in [6.45, 7) is 11.4. The zero-order valence-corrected chi connectivity index (χ0v) is 28.7. The van der Waals surface area contributed by atoms with Gasteiger partial charge in [0, 0.05) is 68.4 Å². The average Bonchev–Trinajstić information content (AvgIpc) is 3.46. The summed E-state index contributed by atoms with van der Waals surface area (Å²) in [6, 6.07) is 13.9. The quantitative estimate of drug-likeness (QED) is 0.177. The zero-order valence-electron chi connectivity index (χ0n) is 28.7. The van der Waals surface area contributed by atoms with E-state index in [0.717, 1.165) is 58.5 Å². The summed E-state index contributed by atoms with van der Waals surface area (Å²) < 4.78 is 24.5. The molecule has 47 heavy (non-hydrogen) atoms. The summed E-state index contributed by atoms with van der Waals surface area (Å²) in [4.78, 5) is 27.1. The minimum atomic E-state index is -0.0441. The molecule has 0 spiro atoms. The summed E-state index contributed by atoms with van der Waals surface area (Å²) in [5, 5.41) is 0. The number of carbonyl (C=O) groups is 1. The molecule has 0 bridgehead atoms. The molecular formula is C36H48N6O5. The molecule has 2 aromatic heterocycles. The van der Waals surface area contributed by atoms with Crippen LogP contribution in [0.3, 0.4) is 0 Å².